The summed E-state index contributed by atoms with van der Waals surface area (Å²) >= 11 is 0. The number of fused-ring (bicyclic) bond motifs is 3. The highest BCUT2D eigenvalue weighted by molar-refractivity contribution is 6.25. The standard InChI is InChI=1S/C34H42N4O4.C33H37N5O4/c1-5-36-19-21-37(22-20-36)29-14-9-13-27-32(29)34(40)38(33(27)39)28(26-16-17-30(41-3)31(23-26)42-4)15-10-18-35(2)24-25-11-7-6-8-12-25;1-4-35-17-19-36(20-18-35)28-12-7-9-24-31(28)33(40)38(32(24)39)26(23-14-15-29(41-2)30(21-23)42-3)13-8-16-37-22-34-25-10-5-6-11-27(25)37/h6-9,11-14,16-17,23,28H,5,10,15,18-22,24H2,1-4H3;5-7,9-12,14-15,21-22,26H,4,8,13,16-20H2,1-3H3/t28-;26-/m11/s1. The number of hydrogen-bond donors (Lipinski definition) is 0. The predicted octanol–water partition coefficient (Wildman–Crippen LogP) is 10.1. The molecule has 2 fully saturated rings. The number of amides is 4. The van der Waals surface area contributed by atoms with Crippen molar-refractivity contribution in [3.8, 4) is 23.0 Å². The Labute approximate surface area is 493 Å². The number of rotatable bonds is 22. The Morgan fingerprint density at radius 3 is 1.48 bits per heavy atom. The Bertz CT molecular complexity index is 3450. The molecule has 2 atom stereocenters. The van der Waals surface area contributed by atoms with Gasteiger partial charge >= 0.3 is 0 Å². The Morgan fingerprint density at radius 1 is 0.512 bits per heavy atom. The van der Waals surface area contributed by atoms with Gasteiger partial charge in [0.15, 0.2) is 23.0 Å². The summed E-state index contributed by atoms with van der Waals surface area (Å²) < 4.78 is 24.3. The van der Waals surface area contributed by atoms with Gasteiger partial charge in [-0.05, 0) is 130 Å². The number of methoxy groups -OCH3 is 4. The molecule has 440 valence electrons. The van der Waals surface area contributed by atoms with Crippen molar-refractivity contribution in [2.45, 2.75) is 64.7 Å². The van der Waals surface area contributed by atoms with Crippen LogP contribution < -0.4 is 28.7 Å². The van der Waals surface area contributed by atoms with E-state index in [4.69, 9.17) is 18.9 Å². The van der Waals surface area contributed by atoms with Gasteiger partial charge in [-0.15, -0.1) is 0 Å². The maximum absolute atomic E-state index is 14.2. The summed E-state index contributed by atoms with van der Waals surface area (Å²) in [4.78, 5) is 75.5. The fraction of sp³-hybridized carbons (Fsp3) is 0.388. The van der Waals surface area contributed by atoms with E-state index in [0.717, 1.165) is 125 Å². The number of imidazole rings is 1. The molecule has 0 radical (unpaired) electrons. The van der Waals surface area contributed by atoms with Gasteiger partial charge in [0.25, 0.3) is 23.6 Å². The number of nitrogens with zero attached hydrogens (tertiary/aromatic N) is 9. The highest BCUT2D eigenvalue weighted by Gasteiger charge is 2.45. The smallest absolute Gasteiger partial charge is 0.264 e. The zero-order valence-corrected chi connectivity index (χ0v) is 49.7. The molecule has 4 aliphatic rings. The maximum Gasteiger partial charge on any atom is 0.264 e. The van der Waals surface area contributed by atoms with Crippen molar-refractivity contribution >= 4 is 46.0 Å². The first kappa shape index (κ1) is 58.9. The van der Waals surface area contributed by atoms with Crippen LogP contribution >= 0.6 is 0 Å². The lowest BCUT2D eigenvalue weighted by Crippen LogP contribution is -2.46. The van der Waals surface area contributed by atoms with Gasteiger partial charge in [0.1, 0.15) is 0 Å². The number of likely N-dealkylation sites (N-methyl/N-ethyl adjacent to an activating group) is 2. The Balaban J connectivity index is 0.000000187. The molecular formula is C67H79N9O8. The minimum Gasteiger partial charge on any atom is -0.493 e. The molecule has 2 saturated heterocycles. The van der Waals surface area contributed by atoms with Crippen LogP contribution in [0.2, 0.25) is 0 Å². The van der Waals surface area contributed by atoms with Crippen LogP contribution in [0.3, 0.4) is 0 Å². The SMILES string of the molecule is CCN1CCN(c2cccc3c2C(=O)N([C@H](CCCN(C)Cc2ccccc2)c2ccc(OC)c(OC)c2)C3=O)CC1.CCN1CCN(c2cccc3c2C(=O)N([C@H](CCCn2cnc4ccccc42)c2ccc(OC)c(OC)c2)C3=O)CC1. The van der Waals surface area contributed by atoms with E-state index in [2.05, 4.69) is 85.3 Å². The van der Waals surface area contributed by atoms with Crippen molar-refractivity contribution < 1.29 is 38.1 Å². The lowest BCUT2D eigenvalue weighted by Gasteiger charge is -2.36. The molecule has 11 rings (SSSR count). The number of hydrogen-bond acceptors (Lipinski definition) is 14. The summed E-state index contributed by atoms with van der Waals surface area (Å²) in [5, 5.41) is 0. The summed E-state index contributed by atoms with van der Waals surface area (Å²) in [5.74, 6) is 1.40. The third-order valence-corrected chi connectivity index (χ3v) is 17.1. The molecule has 0 unspecified atom stereocenters. The highest BCUT2D eigenvalue weighted by Crippen LogP contribution is 2.43. The van der Waals surface area contributed by atoms with Crippen LogP contribution in [0, 0.1) is 0 Å². The summed E-state index contributed by atoms with van der Waals surface area (Å²) in [5.41, 5.74) is 8.65. The first-order valence-electron chi connectivity index (χ1n) is 29.5. The van der Waals surface area contributed by atoms with Gasteiger partial charge in [0.2, 0.25) is 0 Å². The molecule has 4 amide bonds. The summed E-state index contributed by atoms with van der Waals surface area (Å²) in [6.45, 7) is 15.8. The van der Waals surface area contributed by atoms with Crippen LogP contribution in [0.1, 0.15) is 110 Å². The number of carbonyl (C=O) groups excluding carboxylic acids is 4. The monoisotopic (exact) mass is 1140 g/mol. The van der Waals surface area contributed by atoms with Gasteiger partial charge in [0.05, 0.1) is 91.5 Å². The second-order valence-electron chi connectivity index (χ2n) is 21.9. The zero-order chi connectivity index (χ0) is 58.9. The molecule has 17 heteroatoms. The van der Waals surface area contributed by atoms with Gasteiger partial charge in [-0.3, -0.25) is 29.0 Å². The Morgan fingerprint density at radius 2 is 0.988 bits per heavy atom. The summed E-state index contributed by atoms with van der Waals surface area (Å²) in [6, 6.07) is 40.2. The van der Waals surface area contributed by atoms with Gasteiger partial charge in [-0.2, -0.15) is 0 Å². The summed E-state index contributed by atoms with van der Waals surface area (Å²) in [7, 11) is 8.49. The predicted molar refractivity (Wildman–Crippen MR) is 328 cm³/mol. The first-order valence-corrected chi connectivity index (χ1v) is 29.5. The number of aromatic nitrogens is 2. The number of anilines is 2. The number of para-hydroxylation sites is 2. The number of piperazine rings is 2. The molecule has 0 spiro atoms. The molecule has 0 aliphatic carbocycles. The Kier molecular flexibility index (Phi) is 18.9. The van der Waals surface area contributed by atoms with E-state index in [1.807, 2.05) is 91.3 Å². The van der Waals surface area contributed by atoms with Gasteiger partial charge in [-0.25, -0.2) is 4.98 Å². The first-order chi connectivity index (χ1) is 41.0. The largest absolute Gasteiger partial charge is 0.493 e. The number of aryl methyl sites for hydroxylation is 1. The van der Waals surface area contributed by atoms with Gasteiger partial charge < -0.3 is 48.0 Å². The van der Waals surface area contributed by atoms with E-state index in [0.29, 0.717) is 64.6 Å². The minimum absolute atomic E-state index is 0.221. The second kappa shape index (κ2) is 27.0. The van der Waals surface area contributed by atoms with Crippen molar-refractivity contribution in [2.24, 2.45) is 0 Å². The van der Waals surface area contributed by atoms with E-state index >= 15 is 0 Å². The van der Waals surface area contributed by atoms with Crippen LogP contribution in [0.15, 0.2) is 134 Å². The van der Waals surface area contributed by atoms with Crippen LogP contribution in [0.25, 0.3) is 11.0 Å². The van der Waals surface area contributed by atoms with E-state index in [-0.39, 0.29) is 23.6 Å². The minimum atomic E-state index is -0.475. The molecule has 84 heavy (non-hydrogen) atoms. The van der Waals surface area contributed by atoms with Crippen LogP contribution in [-0.2, 0) is 13.1 Å². The fourth-order valence-corrected chi connectivity index (χ4v) is 12.5. The molecule has 4 aliphatic heterocycles. The van der Waals surface area contributed by atoms with Gasteiger partial charge in [0, 0.05) is 65.4 Å². The quantitative estimate of drug-likeness (QED) is 0.0594. The van der Waals surface area contributed by atoms with E-state index in [1.165, 1.54) is 15.4 Å². The molecule has 7 aromatic rings. The maximum atomic E-state index is 14.2. The normalized spacial score (nSPS) is 16.2. The van der Waals surface area contributed by atoms with E-state index in [1.54, 1.807) is 40.6 Å². The molecule has 0 bridgehead atoms. The lowest BCUT2D eigenvalue weighted by molar-refractivity contribution is 0.0555. The molecule has 0 N–H and O–H groups in total. The van der Waals surface area contributed by atoms with Crippen LogP contribution in [0.4, 0.5) is 11.4 Å². The Hall–Kier alpha value is -8.25. The van der Waals surface area contributed by atoms with Crippen molar-refractivity contribution in [3.63, 3.8) is 0 Å². The zero-order valence-electron chi connectivity index (χ0n) is 49.7. The van der Waals surface area contributed by atoms with Crippen molar-refractivity contribution in [2.75, 3.05) is 117 Å². The molecule has 1 aromatic heterocycles. The number of imide groups is 2. The van der Waals surface area contributed by atoms with E-state index < -0.39 is 12.1 Å². The average Bonchev–Trinajstić information content (AvgIpc) is 4.13. The van der Waals surface area contributed by atoms with Gasteiger partial charge in [-0.1, -0.05) is 80.6 Å². The molecule has 5 heterocycles. The molecule has 0 saturated carbocycles. The van der Waals surface area contributed by atoms with Crippen molar-refractivity contribution in [1.29, 1.82) is 0 Å². The number of carbonyl (C=O) groups is 4. The number of benzene rings is 6. The topological polar surface area (TPSA) is 146 Å². The molecule has 17 nitrogen and oxygen atoms in total. The lowest BCUT2D eigenvalue weighted by atomic mass is 9.99. The van der Waals surface area contributed by atoms with Crippen molar-refractivity contribution in [3.05, 3.63) is 173 Å². The third-order valence-electron chi connectivity index (χ3n) is 17.1. The fourth-order valence-electron chi connectivity index (χ4n) is 12.5. The van der Waals surface area contributed by atoms with Crippen LogP contribution in [-0.4, -0.2) is 165 Å². The van der Waals surface area contributed by atoms with E-state index in [9.17, 15) is 19.2 Å². The molecule has 6 aromatic carbocycles. The van der Waals surface area contributed by atoms with Crippen LogP contribution in [0.5, 0.6) is 23.0 Å². The highest BCUT2D eigenvalue weighted by atomic mass is 16.5. The second-order valence-corrected chi connectivity index (χ2v) is 21.9. The number of ether oxygens (including phenoxy) is 4. The average molecular weight is 1140 g/mol. The van der Waals surface area contributed by atoms with Crippen molar-refractivity contribution in [1.82, 2.24) is 34.1 Å². The third kappa shape index (κ3) is 12.4. The molecular weight excluding hydrogens is 1060 g/mol. The summed E-state index contributed by atoms with van der Waals surface area (Å²) in [6.07, 6.45) is 4.60.